The van der Waals surface area contributed by atoms with Crippen molar-refractivity contribution >= 4 is 21.7 Å². The molecule has 2 aromatic rings. The lowest BCUT2D eigenvalue weighted by Crippen LogP contribution is -2.19. The molecule has 0 bridgehead atoms. The minimum atomic E-state index is -4.02. The van der Waals surface area contributed by atoms with Crippen molar-refractivity contribution in [3.63, 3.8) is 0 Å². The predicted octanol–water partition coefficient (Wildman–Crippen LogP) is 4.60. The fourth-order valence-electron chi connectivity index (χ4n) is 2.72. The third kappa shape index (κ3) is 7.50. The first-order chi connectivity index (χ1) is 13.6. The van der Waals surface area contributed by atoms with Crippen molar-refractivity contribution in [1.29, 1.82) is 0 Å². The molecule has 2 aromatic carbocycles. The summed E-state index contributed by atoms with van der Waals surface area (Å²) in [5.41, 5.74) is 1.83. The second-order valence-corrected chi connectivity index (χ2v) is 8.36. The standard InChI is InChI=1S/C12H13ClF3NO.C7H8O3S/c13-9-3-8(7-1-2-17-6-7)4-10(5-9)18-12(16)11(14)15;1-6-2-4-7(5-3-6)11(8,9)10/h3-5,7,11-12,17H,1-2,6H2;2-5H,1H3,(H,8,9,10). The summed E-state index contributed by atoms with van der Waals surface area (Å²) in [6.07, 6.45) is -4.85. The van der Waals surface area contributed by atoms with Gasteiger partial charge in [0, 0.05) is 11.6 Å². The number of alkyl halides is 3. The molecule has 1 fully saturated rings. The van der Waals surface area contributed by atoms with Gasteiger partial charge < -0.3 is 10.1 Å². The molecule has 1 aliphatic heterocycles. The van der Waals surface area contributed by atoms with Crippen LogP contribution in [0.15, 0.2) is 47.4 Å². The van der Waals surface area contributed by atoms with Gasteiger partial charge in [0.05, 0.1) is 4.90 Å². The summed E-state index contributed by atoms with van der Waals surface area (Å²) in [5, 5.41) is 3.55. The summed E-state index contributed by atoms with van der Waals surface area (Å²) < 4.78 is 71.1. The topological polar surface area (TPSA) is 75.6 Å². The van der Waals surface area contributed by atoms with Gasteiger partial charge in [-0.15, -0.1) is 0 Å². The summed E-state index contributed by atoms with van der Waals surface area (Å²) in [6.45, 7) is 3.54. The maximum absolute atomic E-state index is 12.8. The zero-order chi connectivity index (χ0) is 21.6. The van der Waals surface area contributed by atoms with Crippen LogP contribution in [0.1, 0.15) is 23.5 Å². The van der Waals surface area contributed by atoms with Crippen LogP contribution in [-0.2, 0) is 10.1 Å². The molecule has 2 atom stereocenters. The van der Waals surface area contributed by atoms with Crippen LogP contribution in [0.2, 0.25) is 5.02 Å². The number of nitrogens with one attached hydrogen (secondary N) is 1. The van der Waals surface area contributed by atoms with Gasteiger partial charge in [0.2, 0.25) is 0 Å². The number of aryl methyl sites for hydroxylation is 1. The molecular weight excluding hydrogens is 431 g/mol. The van der Waals surface area contributed by atoms with E-state index >= 15 is 0 Å². The monoisotopic (exact) mass is 451 g/mol. The second-order valence-electron chi connectivity index (χ2n) is 6.50. The van der Waals surface area contributed by atoms with Crippen molar-refractivity contribution in [2.45, 2.75) is 36.9 Å². The van der Waals surface area contributed by atoms with E-state index in [0.29, 0.717) is 5.02 Å². The van der Waals surface area contributed by atoms with Gasteiger partial charge in [0.1, 0.15) is 5.75 Å². The molecule has 0 radical (unpaired) electrons. The first kappa shape index (κ1) is 23.5. The molecule has 0 amide bonds. The Morgan fingerprint density at radius 1 is 1.17 bits per heavy atom. The molecule has 2 unspecified atom stereocenters. The van der Waals surface area contributed by atoms with E-state index in [9.17, 15) is 21.6 Å². The van der Waals surface area contributed by atoms with E-state index in [0.717, 1.165) is 30.6 Å². The SMILES string of the molecule is Cc1ccc(S(=O)(=O)O)cc1.FC(F)C(F)Oc1cc(Cl)cc(C2CCNC2)c1. The van der Waals surface area contributed by atoms with Crippen LogP contribution in [0.4, 0.5) is 13.2 Å². The van der Waals surface area contributed by atoms with Gasteiger partial charge in [-0.3, -0.25) is 4.55 Å². The molecule has 0 spiro atoms. The largest absolute Gasteiger partial charge is 0.454 e. The van der Waals surface area contributed by atoms with Crippen molar-refractivity contribution < 1.29 is 30.9 Å². The lowest BCUT2D eigenvalue weighted by atomic mass is 9.98. The van der Waals surface area contributed by atoms with Gasteiger partial charge >= 0.3 is 6.43 Å². The van der Waals surface area contributed by atoms with Gasteiger partial charge in [-0.05, 0) is 61.7 Å². The summed E-state index contributed by atoms with van der Waals surface area (Å²) in [5.74, 6) is 0.299. The highest BCUT2D eigenvalue weighted by atomic mass is 35.5. The lowest BCUT2D eigenvalue weighted by molar-refractivity contribution is -0.0669. The molecule has 3 rings (SSSR count). The molecule has 0 aromatic heterocycles. The smallest absolute Gasteiger partial charge is 0.304 e. The molecule has 29 heavy (non-hydrogen) atoms. The normalized spacial score (nSPS) is 17.6. The van der Waals surface area contributed by atoms with Crippen LogP contribution in [-0.4, -0.2) is 38.8 Å². The fraction of sp³-hybridized carbons (Fsp3) is 0.368. The van der Waals surface area contributed by atoms with E-state index in [4.69, 9.17) is 16.2 Å². The summed E-state index contributed by atoms with van der Waals surface area (Å²) in [7, 11) is -4.02. The van der Waals surface area contributed by atoms with Gasteiger partial charge in [-0.25, -0.2) is 8.78 Å². The zero-order valence-corrected chi connectivity index (χ0v) is 17.1. The third-order valence-corrected chi connectivity index (χ3v) is 5.28. The van der Waals surface area contributed by atoms with Crippen LogP contribution in [0.5, 0.6) is 5.75 Å². The van der Waals surface area contributed by atoms with Crippen molar-refractivity contribution in [2.24, 2.45) is 0 Å². The number of hydrogen-bond donors (Lipinski definition) is 2. The van der Waals surface area contributed by atoms with Crippen LogP contribution < -0.4 is 10.1 Å². The van der Waals surface area contributed by atoms with Gasteiger partial charge in [-0.2, -0.15) is 12.8 Å². The highest BCUT2D eigenvalue weighted by Crippen LogP contribution is 2.30. The Morgan fingerprint density at radius 3 is 2.34 bits per heavy atom. The van der Waals surface area contributed by atoms with Crippen LogP contribution in [0.25, 0.3) is 0 Å². The Bertz CT molecular complexity index is 904. The molecule has 0 aliphatic carbocycles. The number of rotatable bonds is 5. The Balaban J connectivity index is 0.000000234. The Morgan fingerprint density at radius 2 is 1.83 bits per heavy atom. The summed E-state index contributed by atoms with van der Waals surface area (Å²) in [4.78, 5) is -0.0666. The lowest BCUT2D eigenvalue weighted by Gasteiger charge is -2.14. The van der Waals surface area contributed by atoms with Crippen LogP contribution in [0.3, 0.4) is 0 Å². The Labute approximate surface area is 172 Å². The molecule has 1 aliphatic rings. The number of ether oxygens (including phenoxy) is 1. The van der Waals surface area contributed by atoms with Gasteiger partial charge in [0.15, 0.2) is 0 Å². The van der Waals surface area contributed by atoms with E-state index < -0.39 is 22.9 Å². The minimum Gasteiger partial charge on any atom is -0.454 e. The van der Waals surface area contributed by atoms with Crippen molar-refractivity contribution in [3.8, 4) is 5.75 Å². The van der Waals surface area contributed by atoms with E-state index in [1.54, 1.807) is 24.3 Å². The molecule has 1 heterocycles. The third-order valence-electron chi connectivity index (χ3n) is 4.19. The number of hydrogen-bond acceptors (Lipinski definition) is 4. The van der Waals surface area contributed by atoms with Crippen molar-refractivity contribution in [2.75, 3.05) is 13.1 Å². The van der Waals surface area contributed by atoms with Crippen LogP contribution in [0, 0.1) is 6.92 Å². The number of halogens is 4. The van der Waals surface area contributed by atoms with Crippen LogP contribution >= 0.6 is 11.6 Å². The average molecular weight is 452 g/mol. The first-order valence-electron chi connectivity index (χ1n) is 8.70. The first-order valence-corrected chi connectivity index (χ1v) is 10.5. The second kappa shape index (κ2) is 10.3. The molecule has 10 heteroatoms. The van der Waals surface area contributed by atoms with Crippen molar-refractivity contribution in [1.82, 2.24) is 5.32 Å². The van der Waals surface area contributed by atoms with Crippen molar-refractivity contribution in [3.05, 3.63) is 58.6 Å². The van der Waals surface area contributed by atoms with Gasteiger partial charge in [-0.1, -0.05) is 29.3 Å². The summed E-state index contributed by atoms with van der Waals surface area (Å²) in [6, 6.07) is 10.6. The van der Waals surface area contributed by atoms with E-state index in [1.165, 1.54) is 18.2 Å². The highest BCUT2D eigenvalue weighted by molar-refractivity contribution is 7.85. The fourth-order valence-corrected chi connectivity index (χ4v) is 3.43. The zero-order valence-electron chi connectivity index (χ0n) is 15.5. The maximum Gasteiger partial charge on any atom is 0.304 e. The summed E-state index contributed by atoms with van der Waals surface area (Å²) >= 11 is 5.88. The quantitative estimate of drug-likeness (QED) is 0.650. The Hall–Kier alpha value is -1.81. The predicted molar refractivity (Wildman–Crippen MR) is 104 cm³/mol. The maximum atomic E-state index is 12.8. The molecule has 160 valence electrons. The minimum absolute atomic E-state index is 0.0391. The van der Waals surface area contributed by atoms with E-state index in [2.05, 4.69) is 10.1 Å². The molecule has 5 nitrogen and oxygen atoms in total. The van der Waals surface area contributed by atoms with E-state index in [-0.39, 0.29) is 16.6 Å². The number of benzene rings is 2. The molecule has 0 saturated carbocycles. The molecule has 1 saturated heterocycles. The molecule has 2 N–H and O–H groups in total. The Kier molecular flexibility index (Phi) is 8.33. The van der Waals surface area contributed by atoms with E-state index in [1.807, 2.05) is 6.92 Å². The van der Waals surface area contributed by atoms with Gasteiger partial charge in [0.25, 0.3) is 16.5 Å². The average Bonchev–Trinajstić information content (AvgIpc) is 3.16. The highest BCUT2D eigenvalue weighted by Gasteiger charge is 2.22. The molecular formula is C19H21ClF3NO4S.